The maximum Gasteiger partial charge on any atom is 0.203 e. The number of hydrogen-bond acceptors (Lipinski definition) is 7. The summed E-state index contributed by atoms with van der Waals surface area (Å²) in [5, 5.41) is 11.1. The molecule has 1 N–H and O–H groups in total. The highest BCUT2D eigenvalue weighted by Crippen LogP contribution is 2.45. The normalized spacial score (nSPS) is 20.1. The first-order valence-corrected chi connectivity index (χ1v) is 14.9. The fourth-order valence-corrected chi connectivity index (χ4v) is 7.12. The van der Waals surface area contributed by atoms with E-state index in [9.17, 15) is 5.11 Å². The quantitative estimate of drug-likeness (QED) is 0.362. The van der Waals surface area contributed by atoms with Crippen LogP contribution in [0.5, 0.6) is 28.7 Å². The van der Waals surface area contributed by atoms with Crippen molar-refractivity contribution in [3.05, 3.63) is 39.9 Å². The topological polar surface area (TPSA) is 60.4 Å². The van der Waals surface area contributed by atoms with E-state index in [1.807, 2.05) is 31.7 Å². The van der Waals surface area contributed by atoms with Gasteiger partial charge in [-0.1, -0.05) is 6.07 Å². The number of nitrogens with zero attached hydrogens (tertiary/aromatic N) is 1. The Morgan fingerprint density at radius 3 is 2.37 bits per heavy atom. The van der Waals surface area contributed by atoms with Gasteiger partial charge in [-0.3, -0.25) is 0 Å². The van der Waals surface area contributed by atoms with Crippen LogP contribution in [0.25, 0.3) is 0 Å². The van der Waals surface area contributed by atoms with E-state index in [4.69, 9.17) is 18.9 Å². The smallest absolute Gasteiger partial charge is 0.203 e. The van der Waals surface area contributed by atoms with Crippen molar-refractivity contribution in [2.75, 3.05) is 41.0 Å². The molecule has 0 aliphatic carbocycles. The van der Waals surface area contributed by atoms with E-state index in [-0.39, 0.29) is 5.60 Å². The lowest BCUT2D eigenvalue weighted by Crippen LogP contribution is -2.39. The summed E-state index contributed by atoms with van der Waals surface area (Å²) in [6.45, 7) is 11.8. The number of hydrogen-bond donors (Lipinski definition) is 1. The average Bonchev–Trinajstić information content (AvgIpc) is 2.93. The summed E-state index contributed by atoms with van der Waals surface area (Å²) < 4.78 is 23.3. The minimum atomic E-state index is -0.139. The van der Waals surface area contributed by atoms with Crippen LogP contribution >= 0.6 is 11.8 Å². The van der Waals surface area contributed by atoms with Crippen LogP contribution < -0.4 is 18.9 Å². The maximum atomic E-state index is 10.5. The predicted octanol–water partition coefficient (Wildman–Crippen LogP) is 6.60. The summed E-state index contributed by atoms with van der Waals surface area (Å²) in [4.78, 5) is 2.62. The molecule has 2 aromatic carbocycles. The molecule has 2 aliphatic heterocycles. The van der Waals surface area contributed by atoms with Crippen LogP contribution in [0.3, 0.4) is 0 Å². The Hall–Kier alpha value is -2.25. The Kier molecular flexibility index (Phi) is 9.30. The first-order chi connectivity index (χ1) is 18.2. The lowest BCUT2D eigenvalue weighted by molar-refractivity contribution is 0.0490. The summed E-state index contributed by atoms with van der Waals surface area (Å²) in [6, 6.07) is 4.05. The van der Waals surface area contributed by atoms with Crippen molar-refractivity contribution in [1.82, 2.24) is 4.90 Å². The molecular weight excluding hydrogens is 498 g/mol. The molecule has 0 saturated carbocycles. The fourth-order valence-electron chi connectivity index (χ4n) is 5.93. The lowest BCUT2D eigenvalue weighted by Gasteiger charge is -2.39. The Bertz CT molecular complexity index is 1130. The van der Waals surface area contributed by atoms with Gasteiger partial charge >= 0.3 is 0 Å². The minimum Gasteiger partial charge on any atom is -0.507 e. The number of aromatic hydroxyl groups is 1. The first kappa shape index (κ1) is 28.8. The van der Waals surface area contributed by atoms with E-state index >= 15 is 0 Å². The number of piperidine rings is 1. The molecule has 4 rings (SSSR count). The van der Waals surface area contributed by atoms with Crippen molar-refractivity contribution in [2.45, 2.75) is 82.8 Å². The number of phenolic OH excluding ortho intramolecular Hbond substituents is 1. The van der Waals surface area contributed by atoms with Crippen LogP contribution in [0.1, 0.15) is 66.8 Å². The van der Waals surface area contributed by atoms with Gasteiger partial charge in [-0.25, -0.2) is 0 Å². The third-order valence-electron chi connectivity index (χ3n) is 8.57. The van der Waals surface area contributed by atoms with Gasteiger partial charge in [0.05, 0.1) is 21.3 Å². The molecule has 2 heterocycles. The van der Waals surface area contributed by atoms with Gasteiger partial charge in [-0.15, -0.1) is 0 Å². The van der Waals surface area contributed by atoms with Gasteiger partial charge in [0, 0.05) is 22.1 Å². The second-order valence-electron chi connectivity index (χ2n) is 11.0. The number of methoxy groups -OCH3 is 3. The molecule has 0 aromatic heterocycles. The Morgan fingerprint density at radius 2 is 1.71 bits per heavy atom. The van der Waals surface area contributed by atoms with Crippen molar-refractivity contribution < 1.29 is 24.1 Å². The van der Waals surface area contributed by atoms with Crippen LogP contribution in [0.15, 0.2) is 12.1 Å². The number of likely N-dealkylation sites (tertiary alicyclic amines) is 1. The van der Waals surface area contributed by atoms with Gasteiger partial charge < -0.3 is 29.0 Å². The molecule has 1 unspecified atom stereocenters. The van der Waals surface area contributed by atoms with Crippen molar-refractivity contribution >= 4 is 11.8 Å². The maximum absolute atomic E-state index is 10.5. The molecule has 2 aromatic rings. The van der Waals surface area contributed by atoms with E-state index in [1.165, 1.54) is 18.4 Å². The SMILES string of the molecule is COc1ccc(CSC2CCN(CCCC3(C)CCc4c(C)c(O)c(C)c(C)c4O3)CC2)c(OC)c1OC. The minimum absolute atomic E-state index is 0.139. The summed E-state index contributed by atoms with van der Waals surface area (Å²) >= 11 is 2.02. The highest BCUT2D eigenvalue weighted by molar-refractivity contribution is 7.99. The summed E-state index contributed by atoms with van der Waals surface area (Å²) in [6.07, 6.45) is 6.59. The van der Waals surface area contributed by atoms with Crippen LogP contribution in [-0.4, -0.2) is 61.8 Å². The van der Waals surface area contributed by atoms with Gasteiger partial charge in [0.15, 0.2) is 11.5 Å². The standard InChI is InChI=1S/C31H45NO5S/c1-20-21(2)28-25(22(3)27(20)33)11-15-31(4,37-28)14-8-16-32-17-12-24(13-18-32)38-19-23-9-10-26(34-5)30(36-7)29(23)35-6/h9-10,24,33H,8,11-19H2,1-7H3. The molecule has 38 heavy (non-hydrogen) atoms. The number of fused-ring (bicyclic) bond motifs is 1. The van der Waals surface area contributed by atoms with Crippen molar-refractivity contribution in [3.63, 3.8) is 0 Å². The van der Waals surface area contributed by atoms with Gasteiger partial charge in [0.1, 0.15) is 17.1 Å². The largest absolute Gasteiger partial charge is 0.507 e. The Morgan fingerprint density at radius 1 is 1.00 bits per heavy atom. The predicted molar refractivity (Wildman–Crippen MR) is 156 cm³/mol. The Labute approximate surface area is 233 Å². The molecule has 210 valence electrons. The van der Waals surface area contributed by atoms with E-state index in [1.54, 1.807) is 21.3 Å². The third-order valence-corrected chi connectivity index (χ3v) is 9.99. The summed E-state index contributed by atoms with van der Waals surface area (Å²) in [7, 11) is 4.99. The molecule has 0 radical (unpaired) electrons. The van der Waals surface area contributed by atoms with Crippen LogP contribution in [0.4, 0.5) is 0 Å². The number of benzene rings is 2. The second-order valence-corrected chi connectivity index (χ2v) is 12.3. The van der Waals surface area contributed by atoms with E-state index in [2.05, 4.69) is 24.8 Å². The summed E-state index contributed by atoms with van der Waals surface area (Å²) in [5.41, 5.74) is 5.20. The number of phenols is 1. The first-order valence-electron chi connectivity index (χ1n) is 13.8. The second kappa shape index (κ2) is 12.3. The number of thioether (sulfide) groups is 1. The van der Waals surface area contributed by atoms with Crippen molar-refractivity contribution in [2.24, 2.45) is 0 Å². The van der Waals surface area contributed by atoms with E-state index in [0.29, 0.717) is 22.5 Å². The molecule has 2 aliphatic rings. The summed E-state index contributed by atoms with van der Waals surface area (Å²) in [5.74, 6) is 4.48. The number of ether oxygens (including phenoxy) is 4. The molecule has 6 nitrogen and oxygen atoms in total. The van der Waals surface area contributed by atoms with Gasteiger partial charge in [0.25, 0.3) is 0 Å². The lowest BCUT2D eigenvalue weighted by atomic mass is 9.85. The average molecular weight is 544 g/mol. The monoisotopic (exact) mass is 543 g/mol. The highest BCUT2D eigenvalue weighted by Gasteiger charge is 2.34. The zero-order chi connectivity index (χ0) is 27.4. The zero-order valence-electron chi connectivity index (χ0n) is 24.2. The molecule has 1 atom stereocenters. The molecule has 0 spiro atoms. The van der Waals surface area contributed by atoms with E-state index < -0.39 is 0 Å². The van der Waals surface area contributed by atoms with E-state index in [0.717, 1.165) is 84.8 Å². The van der Waals surface area contributed by atoms with Gasteiger partial charge in [-0.05, 0) is 109 Å². The third kappa shape index (κ3) is 5.99. The molecular formula is C31H45NO5S. The molecule has 0 amide bonds. The highest BCUT2D eigenvalue weighted by atomic mass is 32.2. The fraction of sp³-hybridized carbons (Fsp3) is 0.613. The zero-order valence-corrected chi connectivity index (χ0v) is 25.1. The van der Waals surface area contributed by atoms with Crippen molar-refractivity contribution in [1.29, 1.82) is 0 Å². The van der Waals surface area contributed by atoms with Crippen LogP contribution in [0.2, 0.25) is 0 Å². The molecule has 1 saturated heterocycles. The van der Waals surface area contributed by atoms with Crippen LogP contribution in [0, 0.1) is 20.8 Å². The molecule has 1 fully saturated rings. The Balaban J connectivity index is 1.24. The molecule has 0 bridgehead atoms. The van der Waals surface area contributed by atoms with Gasteiger partial charge in [-0.2, -0.15) is 11.8 Å². The number of rotatable bonds is 10. The van der Waals surface area contributed by atoms with Gasteiger partial charge in [0.2, 0.25) is 5.75 Å². The van der Waals surface area contributed by atoms with Crippen molar-refractivity contribution in [3.8, 4) is 28.7 Å². The van der Waals surface area contributed by atoms with Crippen LogP contribution in [-0.2, 0) is 12.2 Å². The molecule has 7 heteroatoms.